The molecule has 0 bridgehead atoms. The van der Waals surface area contributed by atoms with Crippen LogP contribution < -0.4 is 20.8 Å². The molecule has 0 atom stereocenters. The Balaban J connectivity index is 1.64. The number of hydrogen-bond acceptors (Lipinski definition) is 6. The van der Waals surface area contributed by atoms with E-state index in [2.05, 4.69) is 37.1 Å². The first-order valence-corrected chi connectivity index (χ1v) is 10.3. The molecule has 168 valence electrons. The first kappa shape index (κ1) is 23.5. The molecule has 0 aliphatic rings. The molecule has 9 nitrogen and oxygen atoms in total. The Morgan fingerprint density at radius 1 is 0.970 bits per heavy atom. The Labute approximate surface area is 197 Å². The summed E-state index contributed by atoms with van der Waals surface area (Å²) in [6, 6.07) is 17.7. The lowest BCUT2D eigenvalue weighted by Crippen LogP contribution is -2.33. The summed E-state index contributed by atoms with van der Waals surface area (Å²) in [6.07, 6.45) is 1.17. The van der Waals surface area contributed by atoms with Crippen molar-refractivity contribution in [3.63, 3.8) is 0 Å². The molecule has 33 heavy (non-hydrogen) atoms. The van der Waals surface area contributed by atoms with E-state index < -0.39 is 17.7 Å². The molecule has 0 unspecified atom stereocenters. The molecule has 0 fully saturated rings. The second-order valence-electron chi connectivity index (χ2n) is 6.58. The lowest BCUT2D eigenvalue weighted by molar-refractivity contribution is -0.136. The number of nitrogens with one attached hydrogen (secondary N) is 3. The van der Waals surface area contributed by atoms with E-state index in [1.165, 1.54) is 37.6 Å². The Kier molecular flexibility index (Phi) is 7.77. The molecule has 3 aromatic carbocycles. The molecule has 0 aromatic heterocycles. The van der Waals surface area contributed by atoms with Crippen molar-refractivity contribution in [3.05, 3.63) is 82.3 Å². The maximum Gasteiger partial charge on any atom is 0.329 e. The highest BCUT2D eigenvalue weighted by Gasteiger charge is 2.18. The summed E-state index contributed by atoms with van der Waals surface area (Å²) >= 11 is 3.32. The molecular weight excluding hydrogens is 492 g/mol. The standard InChI is InChI=1S/C23H19BrN4O5/c1-33-17-10-11-20(29)14(12-17)13-25-28-23(32)22(31)27-19-5-3-2-4-18(19)21(30)26-16-8-6-15(24)7-9-16/h2-13,29H,1H3,(H,26,30)(H,27,31)(H,28,32)/b25-13+. The maximum atomic E-state index is 12.7. The third-order valence-electron chi connectivity index (χ3n) is 4.33. The van der Waals surface area contributed by atoms with Crippen LogP contribution in [0.3, 0.4) is 0 Å². The first-order chi connectivity index (χ1) is 15.9. The number of rotatable bonds is 6. The zero-order chi connectivity index (χ0) is 23.8. The quantitative estimate of drug-likeness (QED) is 0.229. The van der Waals surface area contributed by atoms with E-state index in [0.29, 0.717) is 11.4 Å². The van der Waals surface area contributed by atoms with E-state index in [0.717, 1.165) is 4.47 Å². The number of hydrazone groups is 1. The van der Waals surface area contributed by atoms with Crippen LogP contribution in [0.4, 0.5) is 11.4 Å². The predicted octanol–water partition coefficient (Wildman–Crippen LogP) is 3.50. The molecule has 0 radical (unpaired) electrons. The van der Waals surface area contributed by atoms with Crippen molar-refractivity contribution in [2.45, 2.75) is 0 Å². The Bertz CT molecular complexity index is 1210. The van der Waals surface area contributed by atoms with Crippen LogP contribution in [-0.2, 0) is 9.59 Å². The number of halogens is 1. The van der Waals surface area contributed by atoms with E-state index in [1.54, 1.807) is 42.5 Å². The van der Waals surface area contributed by atoms with Gasteiger partial charge >= 0.3 is 11.8 Å². The number of amides is 3. The predicted molar refractivity (Wildman–Crippen MR) is 128 cm³/mol. The van der Waals surface area contributed by atoms with Gasteiger partial charge in [0.15, 0.2) is 0 Å². The van der Waals surface area contributed by atoms with Crippen molar-refractivity contribution in [3.8, 4) is 11.5 Å². The fourth-order valence-corrected chi connectivity index (χ4v) is 2.94. The van der Waals surface area contributed by atoms with Gasteiger partial charge in [-0.2, -0.15) is 5.10 Å². The minimum absolute atomic E-state index is 0.0797. The van der Waals surface area contributed by atoms with E-state index in [1.807, 2.05) is 0 Å². The number of carbonyl (C=O) groups is 3. The Morgan fingerprint density at radius 3 is 2.42 bits per heavy atom. The normalized spacial score (nSPS) is 10.5. The summed E-state index contributed by atoms with van der Waals surface area (Å²) in [5, 5.41) is 18.6. The smallest absolute Gasteiger partial charge is 0.329 e. The van der Waals surface area contributed by atoms with Gasteiger partial charge in [0.2, 0.25) is 0 Å². The summed E-state index contributed by atoms with van der Waals surface area (Å²) in [5.74, 6) is -2.14. The van der Waals surface area contributed by atoms with Gasteiger partial charge in [-0.25, -0.2) is 5.43 Å². The average molecular weight is 511 g/mol. The van der Waals surface area contributed by atoms with Gasteiger partial charge in [0.25, 0.3) is 5.91 Å². The molecule has 0 heterocycles. The largest absolute Gasteiger partial charge is 0.507 e. The van der Waals surface area contributed by atoms with Crippen LogP contribution in [0, 0.1) is 0 Å². The van der Waals surface area contributed by atoms with Crippen molar-refractivity contribution in [1.82, 2.24) is 5.43 Å². The van der Waals surface area contributed by atoms with Crippen LogP contribution in [0.15, 0.2) is 76.3 Å². The summed E-state index contributed by atoms with van der Waals surface area (Å²) in [5.41, 5.74) is 3.25. The average Bonchev–Trinajstić information content (AvgIpc) is 2.82. The zero-order valence-electron chi connectivity index (χ0n) is 17.3. The van der Waals surface area contributed by atoms with Gasteiger partial charge in [-0.1, -0.05) is 28.1 Å². The number of benzene rings is 3. The molecule has 3 rings (SSSR count). The van der Waals surface area contributed by atoms with Gasteiger partial charge < -0.3 is 20.5 Å². The zero-order valence-corrected chi connectivity index (χ0v) is 18.9. The van der Waals surface area contributed by atoms with Crippen LogP contribution >= 0.6 is 15.9 Å². The highest BCUT2D eigenvalue weighted by molar-refractivity contribution is 9.10. The third kappa shape index (κ3) is 6.40. The van der Waals surface area contributed by atoms with Crippen molar-refractivity contribution < 1.29 is 24.2 Å². The number of phenols is 1. The highest BCUT2D eigenvalue weighted by Crippen LogP contribution is 2.21. The number of carbonyl (C=O) groups excluding carboxylic acids is 3. The topological polar surface area (TPSA) is 129 Å². The van der Waals surface area contributed by atoms with Gasteiger partial charge in [0, 0.05) is 15.7 Å². The second kappa shape index (κ2) is 10.9. The van der Waals surface area contributed by atoms with E-state index >= 15 is 0 Å². The molecular formula is C23H19BrN4O5. The van der Waals surface area contributed by atoms with Crippen LogP contribution in [0.1, 0.15) is 15.9 Å². The Morgan fingerprint density at radius 2 is 1.70 bits per heavy atom. The number of ether oxygens (including phenoxy) is 1. The van der Waals surface area contributed by atoms with Gasteiger partial charge in [0.1, 0.15) is 11.5 Å². The van der Waals surface area contributed by atoms with E-state index in [4.69, 9.17) is 4.74 Å². The van der Waals surface area contributed by atoms with Gasteiger partial charge in [-0.15, -0.1) is 0 Å². The first-order valence-electron chi connectivity index (χ1n) is 9.54. The van der Waals surface area contributed by atoms with Crippen LogP contribution in [0.2, 0.25) is 0 Å². The molecule has 3 amide bonds. The van der Waals surface area contributed by atoms with E-state index in [-0.39, 0.29) is 22.6 Å². The molecule has 3 aromatic rings. The maximum absolute atomic E-state index is 12.7. The fourth-order valence-electron chi connectivity index (χ4n) is 2.68. The van der Waals surface area contributed by atoms with Gasteiger partial charge in [-0.05, 0) is 54.6 Å². The fraction of sp³-hybridized carbons (Fsp3) is 0.0435. The lowest BCUT2D eigenvalue weighted by atomic mass is 10.1. The van der Waals surface area contributed by atoms with Crippen molar-refractivity contribution in [2.75, 3.05) is 17.7 Å². The van der Waals surface area contributed by atoms with Crippen LogP contribution in [0.5, 0.6) is 11.5 Å². The van der Waals surface area contributed by atoms with E-state index in [9.17, 15) is 19.5 Å². The number of hydrogen-bond donors (Lipinski definition) is 4. The minimum Gasteiger partial charge on any atom is -0.507 e. The molecule has 0 saturated heterocycles. The van der Waals surface area contributed by atoms with Gasteiger partial charge in [-0.3, -0.25) is 14.4 Å². The molecule has 0 spiro atoms. The van der Waals surface area contributed by atoms with Crippen LogP contribution in [-0.4, -0.2) is 36.2 Å². The van der Waals surface area contributed by atoms with Crippen LogP contribution in [0.25, 0.3) is 0 Å². The van der Waals surface area contributed by atoms with Crippen molar-refractivity contribution in [2.24, 2.45) is 5.10 Å². The molecule has 0 aliphatic carbocycles. The third-order valence-corrected chi connectivity index (χ3v) is 4.86. The molecule has 0 aliphatic heterocycles. The van der Waals surface area contributed by atoms with Crippen molar-refractivity contribution in [1.29, 1.82) is 0 Å². The van der Waals surface area contributed by atoms with Gasteiger partial charge in [0.05, 0.1) is 24.6 Å². The van der Waals surface area contributed by atoms with Crippen molar-refractivity contribution >= 4 is 51.2 Å². The Hall–Kier alpha value is -4.18. The number of para-hydroxylation sites is 1. The number of aromatic hydroxyl groups is 1. The molecule has 10 heteroatoms. The summed E-state index contributed by atoms with van der Waals surface area (Å²) in [4.78, 5) is 37.1. The molecule has 4 N–H and O–H groups in total. The number of phenolic OH excluding ortho intramolecular Hbond substituents is 1. The minimum atomic E-state index is -1.06. The summed E-state index contributed by atoms with van der Waals surface area (Å²) < 4.78 is 5.92. The summed E-state index contributed by atoms with van der Waals surface area (Å²) in [6.45, 7) is 0. The SMILES string of the molecule is COc1ccc(O)c(/C=N/NC(=O)C(=O)Nc2ccccc2C(=O)Nc2ccc(Br)cc2)c1. The highest BCUT2D eigenvalue weighted by atomic mass is 79.9. The molecule has 0 saturated carbocycles. The lowest BCUT2D eigenvalue weighted by Gasteiger charge is -2.11. The number of methoxy groups -OCH3 is 1. The monoisotopic (exact) mass is 510 g/mol. The number of nitrogens with zero attached hydrogens (tertiary/aromatic N) is 1. The second-order valence-corrected chi connectivity index (χ2v) is 7.50. The number of anilines is 2. The summed E-state index contributed by atoms with van der Waals surface area (Å²) in [7, 11) is 1.47.